The average Bonchev–Trinajstić information content (AvgIpc) is 1.67. The molecule has 4 aromatic carbocycles. The molecule has 2 saturated heterocycles. The van der Waals surface area contributed by atoms with Crippen LogP contribution in [-0.2, 0) is 55.9 Å². The number of hydrogen-bond donors (Lipinski definition) is 7. The molecular weight excluding hydrogens is 1160 g/mol. The highest BCUT2D eigenvalue weighted by Gasteiger charge is 2.47. The van der Waals surface area contributed by atoms with Crippen molar-refractivity contribution in [1.82, 2.24) is 46.6 Å². The second-order valence-electron chi connectivity index (χ2n) is 27.2. The zero-order valence-electron chi connectivity index (χ0n) is 53.9. The fraction of sp³-hybridized carbons (Fsp3) is 0.529. The maximum Gasteiger partial charge on any atom is 0.410 e. The fourth-order valence-corrected chi connectivity index (χ4v) is 13.4. The summed E-state index contributed by atoms with van der Waals surface area (Å²) in [6.07, 6.45) is 4.62. The second-order valence-corrected chi connectivity index (χ2v) is 27.2. The summed E-state index contributed by atoms with van der Waals surface area (Å²) < 4.78 is 11.3. The van der Waals surface area contributed by atoms with Crippen LogP contribution in [0.2, 0.25) is 0 Å². The zero-order chi connectivity index (χ0) is 65.3. The molecule has 0 aromatic heterocycles. The van der Waals surface area contributed by atoms with Crippen LogP contribution in [-0.4, -0.2) is 149 Å². The van der Waals surface area contributed by atoms with Crippen molar-refractivity contribution >= 4 is 53.5 Å². The molecule has 0 spiro atoms. The summed E-state index contributed by atoms with van der Waals surface area (Å²) in [5.74, 6) is -3.12. The number of benzene rings is 4. The highest BCUT2D eigenvalue weighted by Crippen LogP contribution is 2.45. The number of rotatable bonds is 21. The van der Waals surface area contributed by atoms with E-state index in [-0.39, 0.29) is 106 Å². The molecule has 21 heteroatoms. The summed E-state index contributed by atoms with van der Waals surface area (Å²) in [6, 6.07) is 25.3. The molecule has 9 atom stereocenters. The third-order valence-corrected chi connectivity index (χ3v) is 18.4. The van der Waals surface area contributed by atoms with E-state index in [0.717, 1.165) is 75.9 Å². The van der Waals surface area contributed by atoms with Gasteiger partial charge in [-0.1, -0.05) is 118 Å². The summed E-state index contributed by atoms with van der Waals surface area (Å²) in [6.45, 7) is 12.4. The number of nitrogens with one attached hydrogen (secondary N) is 6. The lowest BCUT2D eigenvalue weighted by Gasteiger charge is -2.37. The van der Waals surface area contributed by atoms with Crippen molar-refractivity contribution in [3.8, 4) is 11.1 Å². The van der Waals surface area contributed by atoms with Crippen LogP contribution in [0.5, 0.6) is 0 Å². The number of carbonyl (C=O) groups is 9. The smallest absolute Gasteiger partial charge is 0.410 e. The fourth-order valence-electron chi connectivity index (χ4n) is 13.4. The largest absolute Gasteiger partial charge is 0.449 e. The molecule has 0 unspecified atom stereocenters. The molecule has 2 aliphatic heterocycles. The minimum absolute atomic E-state index is 0.0180. The van der Waals surface area contributed by atoms with Gasteiger partial charge in [-0.05, 0) is 148 Å². The van der Waals surface area contributed by atoms with Gasteiger partial charge < -0.3 is 56.9 Å². The van der Waals surface area contributed by atoms with Gasteiger partial charge in [0.05, 0.1) is 24.2 Å². The lowest BCUT2D eigenvalue weighted by molar-refractivity contribution is -0.144. The molecule has 0 radical (unpaired) electrons. The van der Waals surface area contributed by atoms with E-state index >= 15 is 0 Å². The van der Waals surface area contributed by atoms with E-state index in [1.807, 2.05) is 78.9 Å². The lowest BCUT2D eigenvalue weighted by Crippen LogP contribution is -2.60. The topological polar surface area (TPSA) is 280 Å². The molecule has 2 heterocycles. The van der Waals surface area contributed by atoms with Crippen LogP contribution in [0.15, 0.2) is 97.1 Å². The van der Waals surface area contributed by atoms with Gasteiger partial charge in [0.15, 0.2) is 0 Å². The van der Waals surface area contributed by atoms with Crippen LogP contribution >= 0.6 is 0 Å². The predicted molar refractivity (Wildman–Crippen MR) is 344 cm³/mol. The maximum atomic E-state index is 14.9. The molecule has 488 valence electrons. The van der Waals surface area contributed by atoms with Gasteiger partial charge in [-0.15, -0.1) is 0 Å². The minimum atomic E-state index is -1.13. The molecule has 0 bridgehead atoms. The van der Waals surface area contributed by atoms with Crippen molar-refractivity contribution in [3.63, 3.8) is 0 Å². The van der Waals surface area contributed by atoms with Gasteiger partial charge in [-0.25, -0.2) is 9.59 Å². The standard InChI is InChI=1S/C70H92N10O11/c1-42(78(8)68(89)91-70(5,6)7)62(83)77-61(69(2,3)4)66(87)80-39-45(37-58(80)64(85)76-56-33-18-24-44-22-10-12-26-48(44)56)73-60(82)35-19-34-59(81)72-36-20-31-54(71)65(86)79-40-46(38-57(79)63(84)75-55-32-17-23-43-21-9-11-25-47(43)55)74-67(88)90-41-53-51-29-15-13-27-49(51)50-28-14-16-30-52(50)53/h9-16,21-22,25-30,42,45-46,53-58,61H,17-20,23-24,31-41,71H2,1-8H3,(H,72,81)(H,73,82)(H,74,88)(H,75,84)(H,76,85)(H,77,83)/t42-,45-,46-,54-,55+,56+,57-,58-,61+/m0/s1. The summed E-state index contributed by atoms with van der Waals surface area (Å²) in [4.78, 5) is 129. The predicted octanol–water partition coefficient (Wildman–Crippen LogP) is 7.15. The van der Waals surface area contributed by atoms with Gasteiger partial charge in [0.1, 0.15) is 36.4 Å². The van der Waals surface area contributed by atoms with Crippen molar-refractivity contribution < 1.29 is 52.6 Å². The summed E-state index contributed by atoms with van der Waals surface area (Å²) in [5, 5.41) is 18.1. The minimum Gasteiger partial charge on any atom is -0.449 e. The van der Waals surface area contributed by atoms with E-state index < -0.39 is 83.2 Å². The quantitative estimate of drug-likeness (QED) is 0.0410. The third kappa shape index (κ3) is 16.6. The number of ether oxygens (including phenoxy) is 2. The van der Waals surface area contributed by atoms with Crippen LogP contribution in [0.25, 0.3) is 11.1 Å². The number of fused-ring (bicyclic) bond motifs is 5. The van der Waals surface area contributed by atoms with Crippen LogP contribution < -0.4 is 37.6 Å². The Kier molecular flexibility index (Phi) is 21.6. The Bertz CT molecular complexity index is 3300. The molecular formula is C70H92N10O11. The number of aryl methyl sites for hydroxylation is 2. The number of carbonyl (C=O) groups excluding carboxylic acids is 9. The lowest BCUT2D eigenvalue weighted by atomic mass is 9.85. The number of hydrogen-bond acceptors (Lipinski definition) is 12. The monoisotopic (exact) mass is 1250 g/mol. The molecule has 8 N–H and O–H groups in total. The van der Waals surface area contributed by atoms with E-state index in [1.54, 1.807) is 41.5 Å². The molecule has 4 aromatic rings. The Hall–Kier alpha value is -8.33. The van der Waals surface area contributed by atoms with Gasteiger partial charge in [-0.3, -0.25) is 38.5 Å². The number of amides is 9. The molecule has 9 amide bonds. The Morgan fingerprint density at radius 3 is 1.66 bits per heavy atom. The molecule has 2 fully saturated rings. The first-order valence-electron chi connectivity index (χ1n) is 32.4. The van der Waals surface area contributed by atoms with Crippen LogP contribution in [0, 0.1) is 5.41 Å². The van der Waals surface area contributed by atoms with Gasteiger partial charge >= 0.3 is 12.2 Å². The van der Waals surface area contributed by atoms with Gasteiger partial charge in [0, 0.05) is 51.5 Å². The van der Waals surface area contributed by atoms with E-state index in [4.69, 9.17) is 15.2 Å². The van der Waals surface area contributed by atoms with Gasteiger partial charge in [0.25, 0.3) is 0 Å². The number of alkyl carbamates (subject to hydrolysis) is 1. The van der Waals surface area contributed by atoms with Crippen LogP contribution in [0.1, 0.15) is 170 Å². The van der Waals surface area contributed by atoms with Crippen molar-refractivity contribution in [2.24, 2.45) is 11.1 Å². The SMILES string of the molecule is C[C@@H](C(=O)N[C@H](C(=O)N1C[C@@H](NC(=O)CCCC(=O)NCCC[C@H](N)C(=O)N2C[C@@H](NC(=O)OCC3c4ccccc4-c4ccccc43)C[C@H]2C(=O)N[C@@H]2CCCc3ccccc32)C[C@H]1C(=O)N[C@@H]1CCCc2ccccc21)C(C)(C)C)N(C)C(=O)OC(C)(C)C. The summed E-state index contributed by atoms with van der Waals surface area (Å²) in [7, 11) is 1.44. The first-order chi connectivity index (χ1) is 43.3. The van der Waals surface area contributed by atoms with Crippen molar-refractivity contribution in [2.75, 3.05) is 33.3 Å². The zero-order valence-corrected chi connectivity index (χ0v) is 53.9. The molecule has 91 heavy (non-hydrogen) atoms. The average molecular weight is 1250 g/mol. The Balaban J connectivity index is 0.765. The highest BCUT2D eigenvalue weighted by molar-refractivity contribution is 5.95. The van der Waals surface area contributed by atoms with Gasteiger partial charge in [-0.2, -0.15) is 0 Å². The highest BCUT2D eigenvalue weighted by atomic mass is 16.6. The summed E-state index contributed by atoms with van der Waals surface area (Å²) >= 11 is 0. The Morgan fingerprint density at radius 2 is 1.12 bits per heavy atom. The number of likely N-dealkylation sites (N-methyl/N-ethyl adjacent to an activating group) is 1. The van der Waals surface area contributed by atoms with E-state index in [0.29, 0.717) is 12.8 Å². The first kappa shape index (κ1) is 67.1. The van der Waals surface area contributed by atoms with Gasteiger partial charge in [0.2, 0.25) is 41.4 Å². The van der Waals surface area contributed by atoms with Crippen LogP contribution in [0.4, 0.5) is 9.59 Å². The first-order valence-corrected chi connectivity index (χ1v) is 32.4. The van der Waals surface area contributed by atoms with Crippen molar-refractivity contribution in [2.45, 2.75) is 198 Å². The van der Waals surface area contributed by atoms with E-state index in [2.05, 4.69) is 50.1 Å². The Morgan fingerprint density at radius 1 is 0.626 bits per heavy atom. The van der Waals surface area contributed by atoms with Crippen molar-refractivity contribution in [1.29, 1.82) is 0 Å². The van der Waals surface area contributed by atoms with E-state index in [9.17, 15) is 43.2 Å². The second kappa shape index (κ2) is 29.3. The van der Waals surface area contributed by atoms with E-state index in [1.165, 1.54) is 29.3 Å². The molecule has 5 aliphatic rings. The third-order valence-electron chi connectivity index (χ3n) is 18.4. The Labute approximate surface area is 534 Å². The number of likely N-dealkylation sites (tertiary alicyclic amines) is 2. The number of nitrogens with zero attached hydrogens (tertiary/aromatic N) is 3. The molecule has 9 rings (SSSR count). The normalized spacial score (nSPS) is 21.1. The maximum absolute atomic E-state index is 14.9. The summed E-state index contributed by atoms with van der Waals surface area (Å²) in [5.41, 5.74) is 13.7. The van der Waals surface area contributed by atoms with Crippen molar-refractivity contribution in [3.05, 3.63) is 130 Å². The molecule has 0 saturated carbocycles. The molecule has 3 aliphatic carbocycles. The number of nitrogens with two attached hydrogens (primary N) is 1. The molecule has 21 nitrogen and oxygen atoms in total. The van der Waals surface area contributed by atoms with Crippen LogP contribution in [0.3, 0.4) is 0 Å².